The van der Waals surface area contributed by atoms with Crippen LogP contribution in [0.4, 0.5) is 24.5 Å². The minimum atomic E-state index is -2.71. The summed E-state index contributed by atoms with van der Waals surface area (Å²) in [7, 11) is 1.35. The molecule has 0 radical (unpaired) electrons. The zero-order chi connectivity index (χ0) is 27.0. The second-order valence-corrected chi connectivity index (χ2v) is 9.34. The Kier molecular flexibility index (Phi) is 7.68. The van der Waals surface area contributed by atoms with Crippen LogP contribution in [0.15, 0.2) is 48.0 Å². The topological polar surface area (TPSA) is 92.4 Å². The van der Waals surface area contributed by atoms with Gasteiger partial charge in [0.2, 0.25) is 6.43 Å². The van der Waals surface area contributed by atoms with E-state index in [0.29, 0.717) is 16.3 Å². The van der Waals surface area contributed by atoms with E-state index in [4.69, 9.17) is 40.5 Å². The third-order valence-corrected chi connectivity index (χ3v) is 6.51. The summed E-state index contributed by atoms with van der Waals surface area (Å²) in [4.78, 5) is 21.3. The summed E-state index contributed by atoms with van der Waals surface area (Å²) in [6, 6.07) is 7.27. The Balaban J connectivity index is 1.94. The van der Waals surface area contributed by atoms with Crippen molar-refractivity contribution >= 4 is 63.5 Å². The third kappa shape index (κ3) is 5.39. The highest BCUT2D eigenvalue weighted by atomic mass is 35.5. The second kappa shape index (κ2) is 10.6. The summed E-state index contributed by atoms with van der Waals surface area (Å²) >= 11 is 18.5. The molecule has 192 valence electrons. The van der Waals surface area contributed by atoms with E-state index in [1.807, 2.05) is 0 Å². The molecule has 12 heteroatoms. The predicted octanol–water partition coefficient (Wildman–Crippen LogP) is 6.75. The van der Waals surface area contributed by atoms with Crippen LogP contribution in [0.2, 0.25) is 15.2 Å². The summed E-state index contributed by atoms with van der Waals surface area (Å²) in [5, 5.41) is 6.44. The Bertz CT molecular complexity index is 1440. The SMILES string of the molecule is C=C(Nc1cc(C(CC(F)F)=NC)c(N)c2c1C(c1cc(F)ccc1Cl)NC2=O)c1cc(Cl)cc(Cl)n1. The number of hydrogen-bond acceptors (Lipinski definition) is 5. The molecule has 3 aromatic rings. The van der Waals surface area contributed by atoms with Crippen LogP contribution in [-0.2, 0) is 0 Å². The molecule has 0 aliphatic carbocycles. The van der Waals surface area contributed by atoms with Crippen LogP contribution in [-0.4, -0.2) is 30.1 Å². The van der Waals surface area contributed by atoms with Crippen LogP contribution in [0, 0.1) is 5.82 Å². The molecule has 2 aromatic carbocycles. The lowest BCUT2D eigenvalue weighted by Gasteiger charge is -2.21. The van der Waals surface area contributed by atoms with Gasteiger partial charge in [0, 0.05) is 45.2 Å². The van der Waals surface area contributed by atoms with Crippen molar-refractivity contribution < 1.29 is 18.0 Å². The van der Waals surface area contributed by atoms with Gasteiger partial charge in [0.05, 0.1) is 35.1 Å². The van der Waals surface area contributed by atoms with Crippen LogP contribution in [0.1, 0.15) is 45.2 Å². The maximum absolute atomic E-state index is 14.2. The Morgan fingerprint density at radius 1 is 1.24 bits per heavy atom. The molecular weight excluding hydrogens is 550 g/mol. The van der Waals surface area contributed by atoms with Crippen molar-refractivity contribution in [1.29, 1.82) is 0 Å². The van der Waals surface area contributed by atoms with Crippen molar-refractivity contribution in [2.75, 3.05) is 18.1 Å². The van der Waals surface area contributed by atoms with Crippen molar-refractivity contribution in [3.8, 4) is 0 Å². The van der Waals surface area contributed by atoms with E-state index in [2.05, 4.69) is 27.2 Å². The van der Waals surface area contributed by atoms with Gasteiger partial charge in [-0.25, -0.2) is 18.2 Å². The highest BCUT2D eigenvalue weighted by molar-refractivity contribution is 6.34. The van der Waals surface area contributed by atoms with Crippen molar-refractivity contribution in [3.05, 3.63) is 91.9 Å². The van der Waals surface area contributed by atoms with Crippen molar-refractivity contribution in [2.24, 2.45) is 4.99 Å². The fraction of sp³-hybridized carbons (Fsp3) is 0.160. The van der Waals surface area contributed by atoms with Gasteiger partial charge in [0.25, 0.3) is 5.91 Å². The average molecular weight is 569 g/mol. The number of fused-ring (bicyclic) bond motifs is 1. The zero-order valence-corrected chi connectivity index (χ0v) is 21.4. The molecule has 6 nitrogen and oxygen atoms in total. The number of carbonyl (C=O) groups is 1. The molecule has 37 heavy (non-hydrogen) atoms. The lowest BCUT2D eigenvalue weighted by Crippen LogP contribution is -2.20. The van der Waals surface area contributed by atoms with Crippen LogP contribution in [0.3, 0.4) is 0 Å². The van der Waals surface area contributed by atoms with Gasteiger partial charge in [-0.3, -0.25) is 9.79 Å². The molecule has 1 unspecified atom stereocenters. The number of halogens is 6. The number of rotatable bonds is 7. The molecule has 0 spiro atoms. The lowest BCUT2D eigenvalue weighted by atomic mass is 9.91. The number of nitrogen functional groups attached to an aromatic ring is 1. The number of nitrogens with zero attached hydrogens (tertiary/aromatic N) is 2. The minimum absolute atomic E-state index is 0.00655. The number of hydrogen-bond donors (Lipinski definition) is 3. The Morgan fingerprint density at radius 2 is 1.97 bits per heavy atom. The molecule has 1 atom stereocenters. The van der Waals surface area contributed by atoms with E-state index < -0.39 is 30.6 Å². The quantitative estimate of drug-likeness (QED) is 0.167. The van der Waals surface area contributed by atoms with Gasteiger partial charge in [0.15, 0.2) is 0 Å². The molecule has 4 rings (SSSR count). The number of amides is 1. The number of anilines is 2. The highest BCUT2D eigenvalue weighted by Gasteiger charge is 2.37. The molecule has 1 aliphatic rings. The van der Waals surface area contributed by atoms with Gasteiger partial charge < -0.3 is 16.4 Å². The number of pyridine rings is 1. The van der Waals surface area contributed by atoms with Crippen LogP contribution < -0.4 is 16.4 Å². The van der Waals surface area contributed by atoms with Gasteiger partial charge in [-0.15, -0.1) is 0 Å². The maximum Gasteiger partial charge on any atom is 0.254 e. The first-order chi connectivity index (χ1) is 17.5. The molecule has 4 N–H and O–H groups in total. The second-order valence-electron chi connectivity index (χ2n) is 8.11. The van der Waals surface area contributed by atoms with Gasteiger partial charge in [0.1, 0.15) is 11.0 Å². The molecule has 2 heterocycles. The van der Waals surface area contributed by atoms with Gasteiger partial charge in [-0.05, 0) is 36.4 Å². The number of carbonyl (C=O) groups excluding carboxylic acids is 1. The number of aromatic nitrogens is 1. The minimum Gasteiger partial charge on any atom is -0.398 e. The van der Waals surface area contributed by atoms with E-state index in [1.165, 1.54) is 43.4 Å². The molecule has 0 saturated carbocycles. The Hall–Kier alpha value is -3.27. The number of alkyl halides is 2. The van der Waals surface area contributed by atoms with Gasteiger partial charge >= 0.3 is 0 Å². The fourth-order valence-corrected chi connectivity index (χ4v) is 4.86. The molecule has 1 amide bonds. The first-order valence-corrected chi connectivity index (χ1v) is 11.9. The summed E-state index contributed by atoms with van der Waals surface area (Å²) in [5.74, 6) is -1.16. The number of nitrogens with two attached hydrogens (primary N) is 1. The standard InChI is InChI=1S/C25H19Cl3F3N5O/c1-10(16-5-11(26)6-19(28)35-16)34-18-8-14(17(33-2)9-20(30)31)23(32)22-21(18)24(36-25(22)37)13-7-12(29)3-4-15(13)27/h3-8,20,24,34H,1,9,32H2,2H3,(H,36,37). The van der Waals surface area contributed by atoms with E-state index >= 15 is 0 Å². The van der Waals surface area contributed by atoms with Gasteiger partial charge in [-0.2, -0.15) is 0 Å². The van der Waals surface area contributed by atoms with E-state index in [9.17, 15) is 18.0 Å². The highest BCUT2D eigenvalue weighted by Crippen LogP contribution is 2.44. The maximum atomic E-state index is 14.2. The van der Waals surface area contributed by atoms with Crippen LogP contribution in [0.25, 0.3) is 5.70 Å². The summed E-state index contributed by atoms with van der Waals surface area (Å²) in [5.41, 5.74) is 7.82. The van der Waals surface area contributed by atoms with Crippen LogP contribution in [0.5, 0.6) is 0 Å². The summed E-state index contributed by atoms with van der Waals surface area (Å²) in [6.45, 7) is 3.98. The molecule has 1 aromatic heterocycles. The van der Waals surface area contributed by atoms with Gasteiger partial charge in [-0.1, -0.05) is 41.4 Å². The summed E-state index contributed by atoms with van der Waals surface area (Å²) in [6.07, 6.45) is -3.39. The Labute approximate surface area is 225 Å². The summed E-state index contributed by atoms with van der Waals surface area (Å²) < 4.78 is 40.8. The molecule has 1 aliphatic heterocycles. The van der Waals surface area contributed by atoms with E-state index in [1.54, 1.807) is 0 Å². The Morgan fingerprint density at radius 3 is 2.62 bits per heavy atom. The fourth-order valence-electron chi connectivity index (χ4n) is 4.16. The average Bonchev–Trinajstić information content (AvgIpc) is 3.17. The predicted molar refractivity (Wildman–Crippen MR) is 142 cm³/mol. The largest absolute Gasteiger partial charge is 0.398 e. The molecule has 0 bridgehead atoms. The third-order valence-electron chi connectivity index (χ3n) is 5.75. The zero-order valence-electron chi connectivity index (χ0n) is 19.2. The number of aliphatic imine (C=N–C) groups is 1. The normalized spacial score (nSPS) is 15.1. The molecular formula is C25H19Cl3F3N5O. The number of benzene rings is 2. The van der Waals surface area contributed by atoms with Crippen molar-refractivity contribution in [3.63, 3.8) is 0 Å². The van der Waals surface area contributed by atoms with E-state index in [-0.39, 0.29) is 49.6 Å². The number of nitrogens with one attached hydrogen (secondary N) is 2. The monoisotopic (exact) mass is 567 g/mol. The van der Waals surface area contributed by atoms with Crippen molar-refractivity contribution in [2.45, 2.75) is 18.9 Å². The molecule has 0 fully saturated rings. The smallest absolute Gasteiger partial charge is 0.254 e. The molecule has 0 saturated heterocycles. The van der Waals surface area contributed by atoms with Crippen molar-refractivity contribution in [1.82, 2.24) is 10.3 Å². The first-order valence-electron chi connectivity index (χ1n) is 10.8. The first kappa shape index (κ1) is 26.8. The lowest BCUT2D eigenvalue weighted by molar-refractivity contribution is 0.0961. The van der Waals surface area contributed by atoms with Crippen LogP contribution >= 0.6 is 34.8 Å². The van der Waals surface area contributed by atoms with E-state index in [0.717, 1.165) is 0 Å².